The Labute approximate surface area is 134 Å². The summed E-state index contributed by atoms with van der Waals surface area (Å²) in [4.78, 5) is 2.37. The first kappa shape index (κ1) is 13.9. The van der Waals surface area contributed by atoms with Gasteiger partial charge in [-0.2, -0.15) is 0 Å². The molecule has 1 saturated heterocycles. The smallest absolute Gasteiger partial charge is 0.231 e. The molecular formula is C17H21NO5. The number of benzene rings is 1. The molecule has 6 heteroatoms. The van der Waals surface area contributed by atoms with Crippen LogP contribution in [-0.4, -0.2) is 53.8 Å². The van der Waals surface area contributed by atoms with Crippen LogP contribution in [0.25, 0.3) is 0 Å². The Kier molecular flexibility index (Phi) is 2.73. The molecule has 23 heavy (non-hydrogen) atoms. The first-order valence-corrected chi connectivity index (χ1v) is 8.25. The minimum atomic E-state index is -0.551. The summed E-state index contributed by atoms with van der Waals surface area (Å²) in [6, 6.07) is 2.22. The van der Waals surface area contributed by atoms with Gasteiger partial charge in [0.15, 0.2) is 11.5 Å². The molecule has 5 rings (SSSR count). The monoisotopic (exact) mass is 319 g/mol. The Hall–Kier alpha value is -1.50. The molecule has 3 heterocycles. The Morgan fingerprint density at radius 1 is 1.30 bits per heavy atom. The van der Waals surface area contributed by atoms with Crippen molar-refractivity contribution in [3.8, 4) is 17.2 Å². The molecule has 1 aliphatic carbocycles. The fourth-order valence-electron chi connectivity index (χ4n) is 5.27. The number of aliphatic hydroxyl groups excluding tert-OH is 2. The Balaban J connectivity index is 1.75. The van der Waals surface area contributed by atoms with Crippen molar-refractivity contribution in [1.29, 1.82) is 0 Å². The largest absolute Gasteiger partial charge is 0.492 e. The average Bonchev–Trinajstić information content (AvgIpc) is 3.08. The van der Waals surface area contributed by atoms with E-state index < -0.39 is 12.2 Å². The second kappa shape index (κ2) is 4.53. The van der Waals surface area contributed by atoms with Crippen molar-refractivity contribution in [1.82, 2.24) is 4.90 Å². The lowest BCUT2D eigenvalue weighted by Crippen LogP contribution is -2.58. The number of hydrogen-bond donors (Lipinski definition) is 2. The lowest BCUT2D eigenvalue weighted by atomic mass is 9.61. The van der Waals surface area contributed by atoms with E-state index >= 15 is 0 Å². The summed E-state index contributed by atoms with van der Waals surface area (Å²) in [7, 11) is 1.65. The molecule has 0 spiro atoms. The predicted molar refractivity (Wildman–Crippen MR) is 80.9 cm³/mol. The van der Waals surface area contributed by atoms with E-state index in [4.69, 9.17) is 14.2 Å². The van der Waals surface area contributed by atoms with Crippen LogP contribution in [0.15, 0.2) is 6.07 Å². The molecule has 124 valence electrons. The van der Waals surface area contributed by atoms with Crippen molar-refractivity contribution >= 4 is 0 Å². The van der Waals surface area contributed by atoms with Crippen molar-refractivity contribution < 1.29 is 24.4 Å². The van der Waals surface area contributed by atoms with Crippen LogP contribution in [0.5, 0.6) is 17.2 Å². The van der Waals surface area contributed by atoms with E-state index in [2.05, 4.69) is 4.90 Å². The van der Waals surface area contributed by atoms with E-state index in [-0.39, 0.29) is 18.2 Å². The van der Waals surface area contributed by atoms with Gasteiger partial charge in [-0.15, -0.1) is 0 Å². The van der Waals surface area contributed by atoms with Gasteiger partial charge in [-0.25, -0.2) is 0 Å². The number of aliphatic hydroxyl groups is 2. The highest BCUT2D eigenvalue weighted by Gasteiger charge is 2.60. The molecule has 2 fully saturated rings. The maximum absolute atomic E-state index is 10.9. The average molecular weight is 319 g/mol. The van der Waals surface area contributed by atoms with Crippen molar-refractivity contribution in [2.75, 3.05) is 20.4 Å². The van der Waals surface area contributed by atoms with E-state index in [1.54, 1.807) is 7.11 Å². The molecule has 4 aliphatic rings. The minimum Gasteiger partial charge on any atom is -0.492 e. The van der Waals surface area contributed by atoms with Gasteiger partial charge in [-0.05, 0) is 31.0 Å². The van der Waals surface area contributed by atoms with Gasteiger partial charge in [0.25, 0.3) is 0 Å². The van der Waals surface area contributed by atoms with E-state index in [1.165, 1.54) is 0 Å². The maximum Gasteiger partial charge on any atom is 0.231 e. The zero-order valence-electron chi connectivity index (χ0n) is 13.1. The second-order valence-electron chi connectivity index (χ2n) is 7.09. The van der Waals surface area contributed by atoms with Crippen LogP contribution < -0.4 is 14.2 Å². The number of nitrogens with zero attached hydrogens (tertiary/aromatic N) is 1. The summed E-state index contributed by atoms with van der Waals surface area (Å²) in [5.41, 5.74) is 1.89. The molecule has 1 saturated carbocycles. The van der Waals surface area contributed by atoms with Crippen molar-refractivity contribution in [3.63, 3.8) is 0 Å². The lowest BCUT2D eigenvalue weighted by molar-refractivity contribution is -0.0502. The number of methoxy groups -OCH3 is 1. The summed E-state index contributed by atoms with van der Waals surface area (Å²) in [6.45, 7) is 1.90. The zero-order valence-corrected chi connectivity index (χ0v) is 13.1. The Morgan fingerprint density at radius 3 is 3.00 bits per heavy atom. The summed E-state index contributed by atoms with van der Waals surface area (Å²) in [5.74, 6) is 2.11. The highest BCUT2D eigenvalue weighted by molar-refractivity contribution is 5.63. The summed E-state index contributed by atoms with van der Waals surface area (Å²) < 4.78 is 16.8. The molecule has 0 amide bonds. The van der Waals surface area contributed by atoms with E-state index in [1.807, 2.05) is 6.07 Å². The predicted octanol–water partition coefficient (Wildman–Crippen LogP) is 0.765. The molecule has 1 unspecified atom stereocenters. The van der Waals surface area contributed by atoms with Crippen LogP contribution in [0.2, 0.25) is 0 Å². The van der Waals surface area contributed by atoms with Crippen LogP contribution in [0.1, 0.15) is 30.4 Å². The maximum atomic E-state index is 10.9. The zero-order chi connectivity index (χ0) is 15.8. The van der Waals surface area contributed by atoms with Gasteiger partial charge in [0.1, 0.15) is 0 Å². The van der Waals surface area contributed by atoms with Gasteiger partial charge in [0.05, 0.1) is 19.3 Å². The first-order valence-electron chi connectivity index (χ1n) is 8.25. The fourth-order valence-corrected chi connectivity index (χ4v) is 5.27. The third-order valence-electron chi connectivity index (χ3n) is 6.22. The van der Waals surface area contributed by atoms with Gasteiger partial charge in [-0.1, -0.05) is 0 Å². The van der Waals surface area contributed by atoms with Crippen LogP contribution in [0, 0.1) is 0 Å². The molecule has 2 N–H and O–H groups in total. The molecule has 0 aromatic heterocycles. The summed E-state index contributed by atoms with van der Waals surface area (Å²) in [5, 5.41) is 21.0. The van der Waals surface area contributed by atoms with E-state index in [0.717, 1.165) is 36.4 Å². The highest BCUT2D eigenvalue weighted by Crippen LogP contribution is 2.58. The fraction of sp³-hybridized carbons (Fsp3) is 0.647. The second-order valence-corrected chi connectivity index (χ2v) is 7.09. The van der Waals surface area contributed by atoms with Crippen molar-refractivity contribution in [3.05, 3.63) is 17.2 Å². The summed E-state index contributed by atoms with van der Waals surface area (Å²) in [6.07, 6.45) is 1.07. The molecule has 1 aromatic carbocycles. The third kappa shape index (κ3) is 1.59. The number of hydrogen-bond acceptors (Lipinski definition) is 6. The Bertz CT molecular complexity index is 677. The van der Waals surface area contributed by atoms with Crippen LogP contribution >= 0.6 is 0 Å². The molecule has 3 aliphatic heterocycles. The number of ether oxygens (including phenoxy) is 3. The normalized spacial score (nSPS) is 39.8. The van der Waals surface area contributed by atoms with Crippen LogP contribution in [0.3, 0.4) is 0 Å². The van der Waals surface area contributed by atoms with E-state index in [0.29, 0.717) is 24.3 Å². The van der Waals surface area contributed by atoms with Gasteiger partial charge >= 0.3 is 0 Å². The molecule has 6 nitrogen and oxygen atoms in total. The molecular weight excluding hydrogens is 298 g/mol. The number of rotatable bonds is 1. The molecule has 5 atom stereocenters. The number of fused-ring (bicyclic) bond motifs is 2. The molecule has 0 radical (unpaired) electrons. The van der Waals surface area contributed by atoms with Crippen LogP contribution in [0.4, 0.5) is 0 Å². The minimum absolute atomic E-state index is 0.179. The van der Waals surface area contributed by atoms with Crippen molar-refractivity contribution in [2.45, 2.75) is 49.5 Å². The Morgan fingerprint density at radius 2 is 2.17 bits per heavy atom. The van der Waals surface area contributed by atoms with Gasteiger partial charge < -0.3 is 24.4 Å². The van der Waals surface area contributed by atoms with Crippen molar-refractivity contribution in [2.24, 2.45) is 0 Å². The third-order valence-corrected chi connectivity index (χ3v) is 6.22. The van der Waals surface area contributed by atoms with Gasteiger partial charge in [0.2, 0.25) is 12.5 Å². The SMILES string of the molecule is COc1c2c(cc3c1OCO3)[C@]13CCN(C2)[C@H]1C[C@@H](O)C[C@@H]3O. The first-order chi connectivity index (χ1) is 11.1. The standard InChI is InChI=1S/C17H21NO5/c1-21-15-10-7-18-3-2-17(13(18)4-9(19)5-14(17)20)11(10)6-12-16(15)23-8-22-12/h6,9,13-14,19-20H,2-5,7-8H2,1H3/t9-,13+,14+,17-/m1/s1. The topological polar surface area (TPSA) is 71.4 Å². The highest BCUT2D eigenvalue weighted by atomic mass is 16.7. The van der Waals surface area contributed by atoms with Gasteiger partial charge in [0, 0.05) is 30.0 Å². The quantitative estimate of drug-likeness (QED) is 0.796. The summed E-state index contributed by atoms with van der Waals surface area (Å²) >= 11 is 0. The lowest BCUT2D eigenvalue weighted by Gasteiger charge is -2.51. The molecule has 1 aromatic rings. The molecule has 2 bridgehead atoms. The van der Waals surface area contributed by atoms with Crippen LogP contribution in [-0.2, 0) is 12.0 Å². The van der Waals surface area contributed by atoms with E-state index in [9.17, 15) is 10.2 Å². The van der Waals surface area contributed by atoms with Gasteiger partial charge in [-0.3, -0.25) is 4.90 Å².